The highest BCUT2D eigenvalue weighted by Gasteiger charge is 2.18. The van der Waals surface area contributed by atoms with E-state index in [0.29, 0.717) is 5.82 Å². The zero-order chi connectivity index (χ0) is 26.8. The van der Waals surface area contributed by atoms with Crippen LogP contribution in [0.4, 0.5) is 10.1 Å². The molecule has 0 aliphatic rings. The molecule has 0 saturated carbocycles. The van der Waals surface area contributed by atoms with Gasteiger partial charge in [0.2, 0.25) is 5.91 Å². The van der Waals surface area contributed by atoms with Gasteiger partial charge in [0.25, 0.3) is 5.56 Å². The average molecular weight is 511 g/mol. The summed E-state index contributed by atoms with van der Waals surface area (Å²) in [7, 11) is 1.67. The fourth-order valence-electron chi connectivity index (χ4n) is 4.35. The highest BCUT2D eigenvalue weighted by atomic mass is 19.1. The third kappa shape index (κ3) is 4.83. The van der Waals surface area contributed by atoms with Crippen molar-refractivity contribution in [2.24, 2.45) is 0 Å². The first-order chi connectivity index (χ1) is 18.4. The molecule has 1 atom stereocenters. The van der Waals surface area contributed by atoms with Crippen LogP contribution in [0.3, 0.4) is 0 Å². The van der Waals surface area contributed by atoms with Crippen LogP contribution in [-0.4, -0.2) is 38.1 Å². The number of fused-ring (bicyclic) bond motifs is 1. The van der Waals surface area contributed by atoms with Crippen LogP contribution in [0.15, 0.2) is 84.2 Å². The molecule has 0 spiro atoms. The molecule has 0 fully saturated rings. The molecule has 1 unspecified atom stereocenters. The van der Waals surface area contributed by atoms with E-state index in [1.54, 1.807) is 37.0 Å². The van der Waals surface area contributed by atoms with Crippen LogP contribution in [0, 0.1) is 12.7 Å². The Hall–Kier alpha value is -4.63. The Kier molecular flexibility index (Phi) is 6.85. The molecule has 0 aliphatic heterocycles. The number of nitrogens with one attached hydrogen (secondary N) is 2. The second-order valence-electron chi connectivity index (χ2n) is 9.14. The van der Waals surface area contributed by atoms with Gasteiger partial charge in [-0.05, 0) is 62.4 Å². The number of likely N-dealkylation sites (N-methyl/N-ethyl adjacent to an activating group) is 1. The quantitative estimate of drug-likeness (QED) is 0.341. The number of hydrogen-bond donors (Lipinski definition) is 2. The van der Waals surface area contributed by atoms with E-state index < -0.39 is 6.04 Å². The molecule has 38 heavy (non-hydrogen) atoms. The van der Waals surface area contributed by atoms with Crippen molar-refractivity contribution in [2.45, 2.75) is 26.4 Å². The fourth-order valence-corrected chi connectivity index (χ4v) is 4.35. The number of pyridine rings is 1. The molecule has 0 aliphatic carbocycles. The Labute approximate surface area is 218 Å². The Bertz CT molecular complexity index is 1710. The van der Waals surface area contributed by atoms with Gasteiger partial charge >= 0.3 is 0 Å². The lowest BCUT2D eigenvalue weighted by Crippen LogP contribution is -2.38. The van der Waals surface area contributed by atoms with E-state index in [9.17, 15) is 14.0 Å². The summed E-state index contributed by atoms with van der Waals surface area (Å²) >= 11 is 0. The lowest BCUT2D eigenvalue weighted by molar-refractivity contribution is -0.117. The molecule has 2 N–H and O–H groups in total. The highest BCUT2D eigenvalue weighted by Crippen LogP contribution is 2.24. The monoisotopic (exact) mass is 510 g/mol. The summed E-state index contributed by atoms with van der Waals surface area (Å²) in [6.45, 7) is 3.84. The lowest BCUT2D eigenvalue weighted by Gasteiger charge is -2.17. The molecular formula is C29H27FN6O2. The third-order valence-corrected chi connectivity index (χ3v) is 6.57. The Morgan fingerprint density at radius 2 is 1.89 bits per heavy atom. The van der Waals surface area contributed by atoms with Gasteiger partial charge in [0.05, 0.1) is 36.2 Å². The van der Waals surface area contributed by atoms with Crippen LogP contribution in [0.5, 0.6) is 0 Å². The number of benzene rings is 2. The van der Waals surface area contributed by atoms with Gasteiger partial charge in [-0.3, -0.25) is 19.1 Å². The summed E-state index contributed by atoms with van der Waals surface area (Å²) in [6.07, 6.45) is 6.67. The van der Waals surface area contributed by atoms with Crippen molar-refractivity contribution in [3.8, 4) is 17.1 Å². The molecule has 0 bridgehead atoms. The SMILES string of the molecule is CNC(C)C(=O)Nc1cnc(-c2ccccc2C)n(Cc2cncc(-n3ccc4cc(F)ccc43)c2)c1=O. The summed E-state index contributed by atoms with van der Waals surface area (Å²) in [5.74, 6) is -0.143. The van der Waals surface area contributed by atoms with E-state index in [-0.39, 0.29) is 29.5 Å². The van der Waals surface area contributed by atoms with Crippen LogP contribution >= 0.6 is 0 Å². The van der Waals surface area contributed by atoms with Gasteiger partial charge in [-0.1, -0.05) is 24.3 Å². The number of nitrogens with zero attached hydrogens (tertiary/aromatic N) is 4. The van der Waals surface area contributed by atoms with E-state index in [0.717, 1.165) is 33.3 Å². The number of hydrogen-bond acceptors (Lipinski definition) is 5. The predicted octanol–water partition coefficient (Wildman–Crippen LogP) is 4.29. The first-order valence-electron chi connectivity index (χ1n) is 12.2. The number of amides is 1. The maximum Gasteiger partial charge on any atom is 0.277 e. The lowest BCUT2D eigenvalue weighted by atomic mass is 10.1. The largest absolute Gasteiger partial charge is 0.319 e. The van der Waals surface area contributed by atoms with E-state index in [4.69, 9.17) is 0 Å². The Morgan fingerprint density at radius 1 is 1.08 bits per heavy atom. The first kappa shape index (κ1) is 25.0. The molecule has 0 radical (unpaired) electrons. The molecular weight excluding hydrogens is 483 g/mol. The third-order valence-electron chi connectivity index (χ3n) is 6.57. The van der Waals surface area contributed by atoms with Gasteiger partial charge in [-0.15, -0.1) is 0 Å². The molecule has 1 amide bonds. The van der Waals surface area contributed by atoms with Crippen molar-refractivity contribution in [3.05, 3.63) is 107 Å². The summed E-state index contributed by atoms with van der Waals surface area (Å²) in [5.41, 5.74) is 3.87. The van der Waals surface area contributed by atoms with Crippen LogP contribution in [0.25, 0.3) is 28.0 Å². The van der Waals surface area contributed by atoms with Gasteiger partial charge < -0.3 is 15.2 Å². The van der Waals surface area contributed by atoms with E-state index in [2.05, 4.69) is 20.6 Å². The number of aryl methyl sites for hydroxylation is 1. The second-order valence-corrected chi connectivity index (χ2v) is 9.14. The van der Waals surface area contributed by atoms with Crippen LogP contribution < -0.4 is 16.2 Å². The Balaban J connectivity index is 1.58. The summed E-state index contributed by atoms with van der Waals surface area (Å²) in [6, 6.07) is 15.6. The fraction of sp³-hybridized carbons (Fsp3) is 0.172. The molecule has 8 nitrogen and oxygen atoms in total. The van der Waals surface area contributed by atoms with E-state index in [1.807, 2.05) is 54.1 Å². The van der Waals surface area contributed by atoms with Crippen LogP contribution in [0.2, 0.25) is 0 Å². The summed E-state index contributed by atoms with van der Waals surface area (Å²) in [5, 5.41) is 6.33. The minimum atomic E-state index is -0.482. The number of carbonyl (C=O) groups is 1. The molecule has 5 rings (SSSR count). The zero-order valence-corrected chi connectivity index (χ0v) is 21.3. The van der Waals surface area contributed by atoms with E-state index >= 15 is 0 Å². The molecule has 0 saturated heterocycles. The van der Waals surface area contributed by atoms with Gasteiger partial charge in [-0.25, -0.2) is 9.37 Å². The molecule has 2 aromatic carbocycles. The normalized spacial score (nSPS) is 12.0. The summed E-state index contributed by atoms with van der Waals surface area (Å²) in [4.78, 5) is 35.2. The maximum absolute atomic E-state index is 13.7. The molecule has 9 heteroatoms. The van der Waals surface area contributed by atoms with Crippen molar-refractivity contribution in [3.63, 3.8) is 0 Å². The van der Waals surface area contributed by atoms with E-state index in [1.165, 1.54) is 18.3 Å². The van der Waals surface area contributed by atoms with Crippen LogP contribution in [-0.2, 0) is 11.3 Å². The van der Waals surface area contributed by atoms with Crippen molar-refractivity contribution in [1.29, 1.82) is 0 Å². The molecule has 3 heterocycles. The smallest absolute Gasteiger partial charge is 0.277 e. The molecule has 3 aromatic heterocycles. The van der Waals surface area contributed by atoms with Crippen LogP contribution in [0.1, 0.15) is 18.1 Å². The minimum absolute atomic E-state index is 0.0944. The van der Waals surface area contributed by atoms with Gasteiger partial charge in [0.15, 0.2) is 0 Å². The van der Waals surface area contributed by atoms with Gasteiger partial charge in [0, 0.05) is 23.3 Å². The number of rotatable bonds is 7. The van der Waals surface area contributed by atoms with Gasteiger partial charge in [0.1, 0.15) is 17.3 Å². The van der Waals surface area contributed by atoms with Crippen molar-refractivity contribution >= 4 is 22.5 Å². The Morgan fingerprint density at radius 3 is 2.68 bits per heavy atom. The number of aromatic nitrogens is 4. The number of anilines is 1. The topological polar surface area (TPSA) is 93.8 Å². The summed E-state index contributed by atoms with van der Waals surface area (Å²) < 4.78 is 17.2. The first-order valence-corrected chi connectivity index (χ1v) is 12.2. The predicted molar refractivity (Wildman–Crippen MR) is 146 cm³/mol. The second kappa shape index (κ2) is 10.4. The van der Waals surface area contributed by atoms with Crippen molar-refractivity contribution < 1.29 is 9.18 Å². The maximum atomic E-state index is 13.7. The molecule has 192 valence electrons. The van der Waals surface area contributed by atoms with Crippen molar-refractivity contribution in [1.82, 2.24) is 24.4 Å². The standard InChI is InChI=1S/C29H27FN6O2/c1-18-6-4-5-7-24(18)27-33-16-25(34-28(37)19(2)31-3)29(38)36(27)17-20-12-23(15-32-14-20)35-11-10-21-13-22(30)8-9-26(21)35/h4-16,19,31H,17H2,1-3H3,(H,34,37). The zero-order valence-electron chi connectivity index (χ0n) is 21.3. The highest BCUT2D eigenvalue weighted by molar-refractivity contribution is 5.94. The van der Waals surface area contributed by atoms with Crippen molar-refractivity contribution in [2.75, 3.05) is 12.4 Å². The minimum Gasteiger partial charge on any atom is -0.319 e. The van der Waals surface area contributed by atoms with Gasteiger partial charge in [-0.2, -0.15) is 0 Å². The average Bonchev–Trinajstić information content (AvgIpc) is 3.34. The number of halogens is 1. The number of carbonyl (C=O) groups excluding carboxylic acids is 1. The molecule has 5 aromatic rings.